The number of nitrogens with zero attached hydrogens (tertiary/aromatic N) is 1. The monoisotopic (exact) mass is 330 g/mol. The molecule has 0 spiro atoms. The Morgan fingerprint density at radius 1 is 1.53 bits per heavy atom. The van der Waals surface area contributed by atoms with Crippen molar-refractivity contribution < 1.29 is 5.11 Å². The van der Waals surface area contributed by atoms with E-state index in [4.69, 9.17) is 10.8 Å². The summed E-state index contributed by atoms with van der Waals surface area (Å²) in [6.45, 7) is 7.29. The zero-order valence-corrected chi connectivity index (χ0v) is 13.3. The largest absolute Gasteiger partial charge is 0.391 e. The first-order chi connectivity index (χ1) is 8.75. The molecule has 2 heterocycles. The van der Waals surface area contributed by atoms with Crippen LogP contribution in [0.5, 0.6) is 0 Å². The minimum Gasteiger partial charge on any atom is -0.391 e. The minimum atomic E-state index is -0.500. The molecule has 5 nitrogen and oxygen atoms in total. The third kappa shape index (κ3) is 7.34. The lowest BCUT2D eigenvalue weighted by molar-refractivity contribution is 0.102. The van der Waals surface area contributed by atoms with Crippen molar-refractivity contribution in [3.05, 3.63) is 16.7 Å². The number of pyridine rings is 1. The number of nitrogens with one attached hydrogen (secondary N) is 2. The molecular weight excluding hydrogens is 308 g/mol. The van der Waals surface area contributed by atoms with Gasteiger partial charge in [0.25, 0.3) is 0 Å². The van der Waals surface area contributed by atoms with Crippen LogP contribution in [0.3, 0.4) is 0 Å². The lowest BCUT2D eigenvalue weighted by atomic mass is 10.2. The van der Waals surface area contributed by atoms with E-state index in [1.807, 2.05) is 6.07 Å². The summed E-state index contributed by atoms with van der Waals surface area (Å²) in [4.78, 5) is 4.07. The summed E-state index contributed by atoms with van der Waals surface area (Å²) in [6, 6.07) is 2.43. The highest BCUT2D eigenvalue weighted by atomic mass is 79.9. The third-order valence-corrected chi connectivity index (χ3v) is 2.74. The van der Waals surface area contributed by atoms with Crippen molar-refractivity contribution >= 4 is 27.4 Å². The number of hydrogen-bond acceptors (Lipinski definition) is 5. The van der Waals surface area contributed by atoms with E-state index < -0.39 is 5.60 Å². The number of aromatic nitrogens is 1. The molecule has 6 heteroatoms. The molecule has 0 aromatic carbocycles. The topological polar surface area (TPSA) is 83.2 Å². The van der Waals surface area contributed by atoms with Gasteiger partial charge < -0.3 is 21.5 Å². The smallest absolute Gasteiger partial charge is 0.146 e. The van der Waals surface area contributed by atoms with E-state index >= 15 is 0 Å². The van der Waals surface area contributed by atoms with Crippen LogP contribution in [-0.4, -0.2) is 34.8 Å². The second-order valence-corrected chi connectivity index (χ2v) is 6.51. The molecule has 0 aliphatic carbocycles. The normalized spacial score (nSPS) is 18.7. The average molecular weight is 331 g/mol. The van der Waals surface area contributed by atoms with Crippen LogP contribution in [0.25, 0.3) is 0 Å². The van der Waals surface area contributed by atoms with Crippen molar-refractivity contribution in [2.75, 3.05) is 24.1 Å². The molecule has 108 valence electrons. The molecule has 19 heavy (non-hydrogen) atoms. The first-order valence-corrected chi connectivity index (χ1v) is 7.15. The van der Waals surface area contributed by atoms with Crippen LogP contribution in [0.2, 0.25) is 0 Å². The molecule has 0 saturated carbocycles. The van der Waals surface area contributed by atoms with Crippen LogP contribution in [0.4, 0.5) is 11.5 Å². The van der Waals surface area contributed by atoms with Crippen LogP contribution < -0.4 is 16.4 Å². The maximum Gasteiger partial charge on any atom is 0.146 e. The van der Waals surface area contributed by atoms with Gasteiger partial charge in [-0.2, -0.15) is 0 Å². The minimum absolute atomic E-state index is 0.466. The zero-order valence-electron chi connectivity index (χ0n) is 11.7. The van der Waals surface area contributed by atoms with Gasteiger partial charge in [-0.05, 0) is 55.7 Å². The Morgan fingerprint density at radius 2 is 2.16 bits per heavy atom. The maximum absolute atomic E-state index is 8.52. The Bertz CT molecular complexity index is 394. The van der Waals surface area contributed by atoms with Crippen molar-refractivity contribution in [3.63, 3.8) is 0 Å². The van der Waals surface area contributed by atoms with Crippen LogP contribution >= 0.6 is 15.9 Å². The summed E-state index contributed by atoms with van der Waals surface area (Å²) in [5, 5.41) is 15.2. The maximum atomic E-state index is 8.52. The Hall–Kier alpha value is -0.850. The van der Waals surface area contributed by atoms with Gasteiger partial charge in [0.1, 0.15) is 5.82 Å². The number of halogens is 1. The molecule has 1 aliphatic heterocycles. The van der Waals surface area contributed by atoms with Crippen molar-refractivity contribution in [1.82, 2.24) is 10.3 Å². The molecule has 1 aromatic rings. The number of aliphatic hydroxyl groups is 1. The van der Waals surface area contributed by atoms with Gasteiger partial charge in [-0.3, -0.25) is 0 Å². The summed E-state index contributed by atoms with van der Waals surface area (Å²) in [5.74, 6) is 0.556. The average Bonchev–Trinajstić information content (AvgIpc) is 2.74. The highest BCUT2D eigenvalue weighted by Crippen LogP contribution is 2.22. The molecule has 1 fully saturated rings. The van der Waals surface area contributed by atoms with E-state index in [0.29, 0.717) is 11.9 Å². The van der Waals surface area contributed by atoms with Gasteiger partial charge in [-0.25, -0.2) is 4.98 Å². The van der Waals surface area contributed by atoms with Gasteiger partial charge in [0.2, 0.25) is 0 Å². The quantitative estimate of drug-likeness (QED) is 0.666. The number of rotatable bonds is 2. The summed E-state index contributed by atoms with van der Waals surface area (Å²) in [7, 11) is 0. The highest BCUT2D eigenvalue weighted by molar-refractivity contribution is 9.10. The number of nitrogen functional groups attached to an aromatic ring is 1. The molecule has 1 unspecified atom stereocenters. The van der Waals surface area contributed by atoms with Gasteiger partial charge >= 0.3 is 0 Å². The van der Waals surface area contributed by atoms with Gasteiger partial charge in [0, 0.05) is 23.3 Å². The van der Waals surface area contributed by atoms with Gasteiger partial charge in [-0.1, -0.05) is 0 Å². The van der Waals surface area contributed by atoms with Gasteiger partial charge in [0.05, 0.1) is 11.3 Å². The van der Waals surface area contributed by atoms with Crippen LogP contribution in [0.1, 0.15) is 27.2 Å². The fourth-order valence-corrected chi connectivity index (χ4v) is 1.89. The Kier molecular flexibility index (Phi) is 6.03. The molecule has 1 aromatic heterocycles. The zero-order chi connectivity index (χ0) is 14.5. The fourth-order valence-electron chi connectivity index (χ4n) is 1.56. The van der Waals surface area contributed by atoms with Gasteiger partial charge in [-0.15, -0.1) is 0 Å². The SMILES string of the molecule is CC(C)(C)O.Nc1ncc(Br)cc1NC1CCNC1. The standard InChI is InChI=1S/C9H13BrN4.C4H10O/c10-6-3-8(9(11)13-4-6)14-7-1-2-12-5-7;1-4(2,3)5/h3-4,7,12,14H,1-2,5H2,(H2,11,13);5H,1-3H3. The van der Waals surface area contributed by atoms with E-state index in [9.17, 15) is 0 Å². The predicted molar refractivity (Wildman–Crippen MR) is 83.2 cm³/mol. The van der Waals surface area contributed by atoms with Crippen LogP contribution in [0.15, 0.2) is 16.7 Å². The molecule has 0 bridgehead atoms. The second-order valence-electron chi connectivity index (χ2n) is 5.59. The summed E-state index contributed by atoms with van der Waals surface area (Å²) < 4.78 is 0.945. The third-order valence-electron chi connectivity index (χ3n) is 2.31. The molecular formula is C13H23BrN4O. The Morgan fingerprint density at radius 3 is 2.68 bits per heavy atom. The Labute approximate surface area is 123 Å². The van der Waals surface area contributed by atoms with E-state index in [-0.39, 0.29) is 0 Å². The van der Waals surface area contributed by atoms with Crippen molar-refractivity contribution in [3.8, 4) is 0 Å². The fraction of sp³-hybridized carbons (Fsp3) is 0.615. The molecule has 2 rings (SSSR count). The summed E-state index contributed by atoms with van der Waals surface area (Å²) >= 11 is 3.37. The summed E-state index contributed by atoms with van der Waals surface area (Å²) in [6.07, 6.45) is 2.83. The van der Waals surface area contributed by atoms with E-state index in [1.54, 1.807) is 27.0 Å². The van der Waals surface area contributed by atoms with E-state index in [1.165, 1.54) is 0 Å². The molecule has 0 radical (unpaired) electrons. The van der Waals surface area contributed by atoms with Crippen molar-refractivity contribution in [2.24, 2.45) is 0 Å². The number of anilines is 2. The Balaban J connectivity index is 0.000000312. The first kappa shape index (κ1) is 16.2. The van der Waals surface area contributed by atoms with Crippen molar-refractivity contribution in [2.45, 2.75) is 38.8 Å². The lowest BCUT2D eigenvalue weighted by Crippen LogP contribution is -2.22. The predicted octanol–water partition coefficient (Wildman–Crippen LogP) is 1.98. The molecule has 1 aliphatic rings. The molecule has 1 atom stereocenters. The molecule has 0 amide bonds. The summed E-state index contributed by atoms with van der Waals surface area (Å²) in [5.41, 5.74) is 6.16. The van der Waals surface area contributed by atoms with Gasteiger partial charge in [0.15, 0.2) is 0 Å². The lowest BCUT2D eigenvalue weighted by Gasteiger charge is -2.14. The van der Waals surface area contributed by atoms with Crippen LogP contribution in [0, 0.1) is 0 Å². The second kappa shape index (κ2) is 7.07. The van der Waals surface area contributed by atoms with Crippen molar-refractivity contribution in [1.29, 1.82) is 0 Å². The first-order valence-electron chi connectivity index (χ1n) is 6.36. The highest BCUT2D eigenvalue weighted by Gasteiger charge is 2.15. The number of hydrogen-bond donors (Lipinski definition) is 4. The molecule has 5 N–H and O–H groups in total. The molecule has 1 saturated heterocycles. The van der Waals surface area contributed by atoms with Crippen LogP contribution in [-0.2, 0) is 0 Å². The van der Waals surface area contributed by atoms with E-state index in [0.717, 1.165) is 29.7 Å². The van der Waals surface area contributed by atoms with E-state index in [2.05, 4.69) is 31.5 Å². The number of nitrogens with two attached hydrogens (primary N) is 1.